The van der Waals surface area contributed by atoms with Crippen LogP contribution in [0.3, 0.4) is 0 Å². The van der Waals surface area contributed by atoms with Crippen LogP contribution in [-0.4, -0.2) is 88.6 Å². The van der Waals surface area contributed by atoms with Gasteiger partial charge in [-0.15, -0.1) is 0 Å². The number of ether oxygens (including phenoxy) is 4. The van der Waals surface area contributed by atoms with Crippen LogP contribution in [0.2, 0.25) is 0 Å². The zero-order valence-electron chi connectivity index (χ0n) is 22.8. The number of imidazole rings is 1. The van der Waals surface area contributed by atoms with Gasteiger partial charge in [-0.05, 0) is 19.8 Å². The molecular formula is C26H34N8O5. The highest BCUT2D eigenvalue weighted by atomic mass is 16.5. The summed E-state index contributed by atoms with van der Waals surface area (Å²) in [5.41, 5.74) is 2.31. The molecule has 1 unspecified atom stereocenters. The Labute approximate surface area is 226 Å². The largest absolute Gasteiger partial charge is 0.493 e. The maximum absolute atomic E-state index is 10.0. The predicted molar refractivity (Wildman–Crippen MR) is 146 cm³/mol. The fraction of sp³-hybridized carbons (Fsp3) is 0.462. The van der Waals surface area contributed by atoms with Crippen molar-refractivity contribution in [3.05, 3.63) is 30.4 Å². The van der Waals surface area contributed by atoms with E-state index in [1.807, 2.05) is 34.5 Å². The number of fused-ring (bicyclic) bond motifs is 1. The summed E-state index contributed by atoms with van der Waals surface area (Å²) in [6.07, 6.45) is 5.39. The van der Waals surface area contributed by atoms with Gasteiger partial charge in [0.2, 0.25) is 11.7 Å². The lowest BCUT2D eigenvalue weighted by atomic mass is 10.2. The van der Waals surface area contributed by atoms with Gasteiger partial charge in [-0.3, -0.25) is 0 Å². The van der Waals surface area contributed by atoms with Gasteiger partial charge in [0.25, 0.3) is 0 Å². The molecule has 208 valence electrons. The number of anilines is 3. The Kier molecular flexibility index (Phi) is 7.70. The molecule has 1 aliphatic heterocycles. The van der Waals surface area contributed by atoms with Crippen molar-refractivity contribution in [3.63, 3.8) is 0 Å². The standard InChI is InChI=1S/C26H34N8O5/c1-16-22-24(33-8-6-7-17(33)14-35)29-26(30-25(22)34(31-16)9-10-36-2)28-21-13-32(15-27-21)18-11-19(37-3)23(39-5)20(12-18)38-4/h11-13,15,17,35H,6-10,14H2,1-5H3,(H,28,29,30). The van der Waals surface area contributed by atoms with Gasteiger partial charge >= 0.3 is 0 Å². The topological polar surface area (TPSA) is 134 Å². The van der Waals surface area contributed by atoms with Gasteiger partial charge in [-0.25, -0.2) is 9.67 Å². The maximum atomic E-state index is 10.0. The summed E-state index contributed by atoms with van der Waals surface area (Å²) in [7, 11) is 6.38. The van der Waals surface area contributed by atoms with Crippen molar-refractivity contribution >= 4 is 28.6 Å². The molecule has 0 spiro atoms. The van der Waals surface area contributed by atoms with Crippen LogP contribution in [0, 0.1) is 6.92 Å². The number of nitrogens with one attached hydrogen (secondary N) is 1. The van der Waals surface area contributed by atoms with Gasteiger partial charge in [0.15, 0.2) is 23.0 Å². The first-order valence-corrected chi connectivity index (χ1v) is 12.7. The molecule has 1 saturated heterocycles. The van der Waals surface area contributed by atoms with E-state index in [9.17, 15) is 5.11 Å². The summed E-state index contributed by atoms with van der Waals surface area (Å²) in [5.74, 6) is 3.28. The number of hydrogen-bond acceptors (Lipinski definition) is 11. The van der Waals surface area contributed by atoms with E-state index < -0.39 is 0 Å². The summed E-state index contributed by atoms with van der Waals surface area (Å²) in [6.45, 7) is 3.87. The third-order valence-electron chi connectivity index (χ3n) is 6.89. The molecule has 2 N–H and O–H groups in total. The number of aliphatic hydroxyl groups excluding tert-OH is 1. The van der Waals surface area contributed by atoms with E-state index in [2.05, 4.69) is 15.2 Å². The van der Waals surface area contributed by atoms with Crippen LogP contribution < -0.4 is 24.4 Å². The number of aromatic nitrogens is 6. The minimum Gasteiger partial charge on any atom is -0.493 e. The first-order valence-electron chi connectivity index (χ1n) is 12.7. The van der Waals surface area contributed by atoms with Crippen molar-refractivity contribution in [2.45, 2.75) is 32.4 Å². The van der Waals surface area contributed by atoms with Gasteiger partial charge in [0.1, 0.15) is 12.1 Å². The van der Waals surface area contributed by atoms with Crippen LogP contribution in [-0.2, 0) is 11.3 Å². The number of hydrogen-bond donors (Lipinski definition) is 2. The zero-order chi connectivity index (χ0) is 27.5. The van der Waals surface area contributed by atoms with E-state index in [0.717, 1.165) is 42.0 Å². The SMILES string of the molecule is COCCn1nc(C)c2c(N3CCCC3CO)nc(Nc3cn(-c4cc(OC)c(OC)c(OC)c4)cn3)nc21. The molecule has 39 heavy (non-hydrogen) atoms. The molecule has 0 aliphatic carbocycles. The highest BCUT2D eigenvalue weighted by Gasteiger charge is 2.29. The Morgan fingerprint density at radius 1 is 1.08 bits per heavy atom. The monoisotopic (exact) mass is 538 g/mol. The molecule has 0 bridgehead atoms. The second kappa shape index (κ2) is 11.3. The van der Waals surface area contributed by atoms with Crippen molar-refractivity contribution < 1.29 is 24.1 Å². The van der Waals surface area contributed by atoms with Gasteiger partial charge in [0, 0.05) is 25.8 Å². The molecule has 13 nitrogen and oxygen atoms in total. The van der Waals surface area contributed by atoms with Crippen LogP contribution in [0.1, 0.15) is 18.5 Å². The molecule has 1 aliphatic rings. The maximum Gasteiger partial charge on any atom is 0.232 e. The average Bonchev–Trinajstić information content (AvgIpc) is 3.70. The molecule has 3 aromatic heterocycles. The predicted octanol–water partition coefficient (Wildman–Crippen LogP) is 2.70. The van der Waals surface area contributed by atoms with Crippen LogP contribution in [0.5, 0.6) is 17.2 Å². The fourth-order valence-corrected chi connectivity index (χ4v) is 4.99. The highest BCUT2D eigenvalue weighted by molar-refractivity contribution is 5.91. The minimum absolute atomic E-state index is 0.00286. The second-order valence-corrected chi connectivity index (χ2v) is 9.22. The lowest BCUT2D eigenvalue weighted by Gasteiger charge is -2.25. The van der Waals surface area contributed by atoms with Gasteiger partial charge < -0.3 is 38.8 Å². The molecule has 0 radical (unpaired) electrons. The third kappa shape index (κ3) is 5.02. The Morgan fingerprint density at radius 2 is 1.85 bits per heavy atom. The number of rotatable bonds is 11. The van der Waals surface area contributed by atoms with Crippen molar-refractivity contribution in [1.82, 2.24) is 29.3 Å². The molecule has 0 amide bonds. The fourth-order valence-electron chi connectivity index (χ4n) is 4.99. The quantitative estimate of drug-likeness (QED) is 0.292. The second-order valence-electron chi connectivity index (χ2n) is 9.22. The van der Waals surface area contributed by atoms with Crippen molar-refractivity contribution in [1.29, 1.82) is 0 Å². The molecule has 4 heterocycles. The average molecular weight is 539 g/mol. The summed E-state index contributed by atoms with van der Waals surface area (Å²) in [6, 6.07) is 3.68. The van der Waals surface area contributed by atoms with Crippen LogP contribution in [0.4, 0.5) is 17.6 Å². The molecule has 1 aromatic carbocycles. The van der Waals surface area contributed by atoms with E-state index >= 15 is 0 Å². The van der Waals surface area contributed by atoms with Crippen LogP contribution in [0.25, 0.3) is 16.7 Å². The van der Waals surface area contributed by atoms with Gasteiger partial charge in [0.05, 0.1) is 70.1 Å². The Balaban J connectivity index is 1.53. The Morgan fingerprint density at radius 3 is 2.51 bits per heavy atom. The summed E-state index contributed by atoms with van der Waals surface area (Å²) < 4.78 is 25.4. The number of benzene rings is 1. The highest BCUT2D eigenvalue weighted by Crippen LogP contribution is 2.39. The van der Waals surface area contributed by atoms with E-state index in [0.29, 0.717) is 47.8 Å². The van der Waals surface area contributed by atoms with Crippen molar-refractivity contribution in [2.24, 2.45) is 0 Å². The Bertz CT molecular complexity index is 1430. The van der Waals surface area contributed by atoms with Crippen molar-refractivity contribution in [3.8, 4) is 22.9 Å². The molecule has 4 aromatic rings. The normalized spacial score (nSPS) is 15.2. The smallest absolute Gasteiger partial charge is 0.232 e. The van der Waals surface area contributed by atoms with Gasteiger partial charge in [-0.2, -0.15) is 15.1 Å². The first-order chi connectivity index (χ1) is 19.0. The number of nitrogens with zero attached hydrogens (tertiary/aromatic N) is 7. The van der Waals surface area contributed by atoms with E-state index in [1.165, 1.54) is 0 Å². The Hall–Kier alpha value is -4.10. The van der Waals surface area contributed by atoms with E-state index in [-0.39, 0.29) is 12.6 Å². The summed E-state index contributed by atoms with van der Waals surface area (Å²) in [4.78, 5) is 16.4. The molecule has 0 saturated carbocycles. The summed E-state index contributed by atoms with van der Waals surface area (Å²) in [5, 5.41) is 18.8. The molecule has 1 fully saturated rings. The van der Waals surface area contributed by atoms with E-state index in [1.54, 1.807) is 34.8 Å². The summed E-state index contributed by atoms with van der Waals surface area (Å²) >= 11 is 0. The number of methoxy groups -OCH3 is 4. The lowest BCUT2D eigenvalue weighted by molar-refractivity contribution is 0.184. The van der Waals surface area contributed by atoms with Crippen LogP contribution >= 0.6 is 0 Å². The third-order valence-corrected chi connectivity index (χ3v) is 6.89. The minimum atomic E-state index is -0.00286. The zero-order valence-corrected chi connectivity index (χ0v) is 22.8. The van der Waals surface area contributed by atoms with Crippen LogP contribution in [0.15, 0.2) is 24.7 Å². The molecule has 5 rings (SSSR count). The lowest BCUT2D eigenvalue weighted by Crippen LogP contribution is -2.33. The molecule has 13 heteroatoms. The number of aliphatic hydroxyl groups is 1. The number of aryl methyl sites for hydroxylation is 1. The molecule has 1 atom stereocenters. The van der Waals surface area contributed by atoms with E-state index in [4.69, 9.17) is 34.0 Å². The van der Waals surface area contributed by atoms with Gasteiger partial charge in [-0.1, -0.05) is 0 Å². The first kappa shape index (κ1) is 26.5. The molecular weight excluding hydrogens is 504 g/mol. The van der Waals surface area contributed by atoms with Crippen molar-refractivity contribution in [2.75, 3.05) is 58.4 Å².